The zero-order chi connectivity index (χ0) is 36.6. The second kappa shape index (κ2) is 15.5. The number of hydrogen-bond acceptors (Lipinski definition) is 10. The van der Waals surface area contributed by atoms with Crippen LogP contribution in [-0.2, 0) is 20.2 Å². The maximum atomic E-state index is 12.9. The zero-order valence-corrected chi connectivity index (χ0v) is 29.0. The molecule has 0 unspecified atom stereocenters. The predicted octanol–water partition coefficient (Wildman–Crippen LogP) is 6.84. The van der Waals surface area contributed by atoms with Crippen LogP contribution in [0.5, 0.6) is 23.0 Å². The quantitative estimate of drug-likeness (QED) is 0.0990. The predicted molar refractivity (Wildman–Crippen MR) is 191 cm³/mol. The van der Waals surface area contributed by atoms with Crippen molar-refractivity contribution in [2.75, 3.05) is 35.5 Å². The third kappa shape index (κ3) is 9.68. The van der Waals surface area contributed by atoms with Crippen LogP contribution in [0.2, 0.25) is 0 Å². The van der Waals surface area contributed by atoms with Crippen molar-refractivity contribution < 1.29 is 44.3 Å². The summed E-state index contributed by atoms with van der Waals surface area (Å²) in [5.74, 6) is 0.933. The first-order chi connectivity index (χ1) is 24.3. The molecule has 0 aromatic heterocycles. The molecule has 5 aromatic carbocycles. The average Bonchev–Trinajstić information content (AvgIpc) is 3.09. The largest absolute Gasteiger partial charge is 0.497 e. The third-order valence-corrected chi connectivity index (χ3v) is 9.56. The van der Waals surface area contributed by atoms with E-state index >= 15 is 0 Å². The Hall–Kier alpha value is -6.26. The highest BCUT2D eigenvalue weighted by Gasteiger charge is 2.19. The first kappa shape index (κ1) is 36.0. The van der Waals surface area contributed by atoms with Crippen LogP contribution in [0.1, 0.15) is 5.56 Å². The molecule has 0 fully saturated rings. The standard InChI is InChI=1S/C35H32N4O10S2/c1-23-10-11-26(38-34(40)36-24-6-4-8-29(20-24)48-50(42,43)31-16-12-27(46-2)13-17-31)22-33(23)39-35(41)37-25-7-5-9-30(21-25)49-51(44,45)32-18-14-28(47-3)15-19-32/h4-22H,1-3H3,(H2,36,38,40)(H2,37,39,41). The van der Waals surface area contributed by atoms with Crippen LogP contribution < -0.4 is 39.1 Å². The molecule has 264 valence electrons. The number of aryl methyl sites for hydroxylation is 1. The van der Waals surface area contributed by atoms with Crippen LogP contribution in [0.15, 0.2) is 125 Å². The summed E-state index contributed by atoms with van der Waals surface area (Å²) >= 11 is 0. The normalized spacial score (nSPS) is 11.1. The number of amides is 4. The minimum Gasteiger partial charge on any atom is -0.497 e. The number of benzene rings is 5. The lowest BCUT2D eigenvalue weighted by Gasteiger charge is -2.14. The molecule has 5 rings (SSSR count). The van der Waals surface area contributed by atoms with Gasteiger partial charge in [0.05, 0.1) is 14.2 Å². The summed E-state index contributed by atoms with van der Waals surface area (Å²) in [6.07, 6.45) is 0. The number of carbonyl (C=O) groups excluding carboxylic acids is 2. The Morgan fingerprint density at radius 1 is 0.490 bits per heavy atom. The number of ether oxygens (including phenoxy) is 2. The fourth-order valence-electron chi connectivity index (χ4n) is 4.50. The maximum Gasteiger partial charge on any atom is 0.339 e. The van der Waals surface area contributed by atoms with Gasteiger partial charge in [-0.15, -0.1) is 0 Å². The molecule has 5 aromatic rings. The fourth-order valence-corrected chi connectivity index (χ4v) is 6.34. The molecule has 16 heteroatoms. The van der Waals surface area contributed by atoms with Crippen molar-refractivity contribution in [1.82, 2.24) is 0 Å². The van der Waals surface area contributed by atoms with Gasteiger partial charge in [-0.25, -0.2) is 9.59 Å². The number of urea groups is 2. The number of anilines is 4. The lowest BCUT2D eigenvalue weighted by Crippen LogP contribution is -2.21. The lowest BCUT2D eigenvalue weighted by atomic mass is 10.2. The topological polar surface area (TPSA) is 187 Å². The van der Waals surface area contributed by atoms with Crippen LogP contribution in [-0.4, -0.2) is 43.1 Å². The number of rotatable bonds is 12. The molecule has 0 saturated carbocycles. The SMILES string of the molecule is COc1ccc(S(=O)(=O)Oc2cccc(NC(=O)Nc3ccc(C)c(NC(=O)Nc4cccc(OS(=O)(=O)c5ccc(OC)cc5)c4)c3)c2)cc1. The Morgan fingerprint density at radius 2 is 0.902 bits per heavy atom. The van der Waals surface area contributed by atoms with Gasteiger partial charge in [0.25, 0.3) is 0 Å². The van der Waals surface area contributed by atoms with E-state index in [9.17, 15) is 26.4 Å². The average molecular weight is 733 g/mol. The van der Waals surface area contributed by atoms with Crippen molar-refractivity contribution in [3.63, 3.8) is 0 Å². The smallest absolute Gasteiger partial charge is 0.339 e. The highest BCUT2D eigenvalue weighted by atomic mass is 32.2. The van der Waals surface area contributed by atoms with Gasteiger partial charge in [0, 0.05) is 34.9 Å². The van der Waals surface area contributed by atoms with E-state index in [1.165, 1.54) is 105 Å². The van der Waals surface area contributed by atoms with Gasteiger partial charge in [-0.1, -0.05) is 18.2 Å². The van der Waals surface area contributed by atoms with Gasteiger partial charge in [0.1, 0.15) is 32.8 Å². The molecule has 0 aliphatic heterocycles. The molecule has 0 bridgehead atoms. The van der Waals surface area contributed by atoms with E-state index in [4.69, 9.17) is 17.8 Å². The highest BCUT2D eigenvalue weighted by Crippen LogP contribution is 2.26. The molecule has 14 nitrogen and oxygen atoms in total. The zero-order valence-electron chi connectivity index (χ0n) is 27.4. The van der Waals surface area contributed by atoms with Crippen LogP contribution >= 0.6 is 0 Å². The van der Waals surface area contributed by atoms with E-state index in [1.807, 2.05) is 0 Å². The minimum absolute atomic E-state index is 0.0204. The summed E-state index contributed by atoms with van der Waals surface area (Å²) in [5.41, 5.74) is 1.90. The van der Waals surface area contributed by atoms with Crippen LogP contribution in [0, 0.1) is 6.92 Å². The van der Waals surface area contributed by atoms with E-state index < -0.39 is 32.3 Å². The van der Waals surface area contributed by atoms with E-state index in [0.29, 0.717) is 28.4 Å². The summed E-state index contributed by atoms with van der Waals surface area (Å²) in [4.78, 5) is 25.6. The number of methoxy groups -OCH3 is 2. The molecule has 0 aliphatic rings. The fraction of sp³-hybridized carbons (Fsp3) is 0.0857. The number of carbonyl (C=O) groups is 2. The van der Waals surface area contributed by atoms with Crippen molar-refractivity contribution in [3.8, 4) is 23.0 Å². The first-order valence-corrected chi connectivity index (χ1v) is 17.8. The van der Waals surface area contributed by atoms with Crippen LogP contribution in [0.3, 0.4) is 0 Å². The van der Waals surface area contributed by atoms with Gasteiger partial charge in [-0.3, -0.25) is 0 Å². The van der Waals surface area contributed by atoms with Gasteiger partial charge >= 0.3 is 32.3 Å². The summed E-state index contributed by atoms with van der Waals surface area (Å²) in [6.45, 7) is 1.75. The van der Waals surface area contributed by atoms with Gasteiger partial charge in [-0.2, -0.15) is 16.8 Å². The Labute approximate surface area is 294 Å². The Kier molecular flexibility index (Phi) is 11.0. The van der Waals surface area contributed by atoms with Gasteiger partial charge < -0.3 is 39.1 Å². The summed E-state index contributed by atoms with van der Waals surface area (Å²) in [7, 11) is -5.37. The molecule has 0 saturated heterocycles. The monoisotopic (exact) mass is 732 g/mol. The number of hydrogen-bond donors (Lipinski definition) is 4. The van der Waals surface area contributed by atoms with Crippen molar-refractivity contribution in [2.24, 2.45) is 0 Å². The van der Waals surface area contributed by atoms with Gasteiger partial charge in [0.2, 0.25) is 0 Å². The lowest BCUT2D eigenvalue weighted by molar-refractivity contribution is 0.261. The molecule has 0 radical (unpaired) electrons. The molecule has 0 spiro atoms. The molecular weight excluding hydrogens is 701 g/mol. The van der Waals surface area contributed by atoms with Crippen molar-refractivity contribution in [1.29, 1.82) is 0 Å². The van der Waals surface area contributed by atoms with Crippen molar-refractivity contribution in [2.45, 2.75) is 16.7 Å². The Bertz CT molecular complexity index is 2260. The third-order valence-electron chi connectivity index (χ3n) is 7.04. The van der Waals surface area contributed by atoms with E-state index in [1.54, 1.807) is 31.2 Å². The van der Waals surface area contributed by atoms with E-state index in [2.05, 4.69) is 21.3 Å². The highest BCUT2D eigenvalue weighted by molar-refractivity contribution is 7.87. The second-order valence-electron chi connectivity index (χ2n) is 10.7. The summed E-state index contributed by atoms with van der Waals surface area (Å²) < 4.78 is 71.5. The van der Waals surface area contributed by atoms with E-state index in [0.717, 1.165) is 0 Å². The molecule has 4 amide bonds. The molecule has 51 heavy (non-hydrogen) atoms. The second-order valence-corrected chi connectivity index (χ2v) is 13.8. The van der Waals surface area contributed by atoms with Gasteiger partial charge in [-0.05, 0) is 97.4 Å². The minimum atomic E-state index is -4.15. The van der Waals surface area contributed by atoms with Crippen LogP contribution in [0.25, 0.3) is 0 Å². The van der Waals surface area contributed by atoms with Crippen molar-refractivity contribution in [3.05, 3.63) is 121 Å². The summed E-state index contributed by atoms with van der Waals surface area (Å²) in [6, 6.07) is 26.6. The van der Waals surface area contributed by atoms with Crippen molar-refractivity contribution >= 4 is 55.0 Å². The number of nitrogens with one attached hydrogen (secondary N) is 4. The van der Waals surface area contributed by atoms with Gasteiger partial charge in [0.15, 0.2) is 0 Å². The molecular formula is C35H32N4O10S2. The molecule has 0 atom stereocenters. The summed E-state index contributed by atoms with van der Waals surface area (Å²) in [5, 5.41) is 10.6. The first-order valence-electron chi connectivity index (χ1n) is 15.0. The van der Waals surface area contributed by atoms with E-state index in [-0.39, 0.29) is 32.7 Å². The Balaban J connectivity index is 1.18. The Morgan fingerprint density at radius 3 is 1.33 bits per heavy atom. The molecule has 4 N–H and O–H groups in total. The maximum absolute atomic E-state index is 12.9. The molecule has 0 heterocycles. The van der Waals surface area contributed by atoms with Crippen LogP contribution in [0.4, 0.5) is 32.3 Å². The molecule has 0 aliphatic carbocycles.